The molecule has 1 N–H and O–H groups in total. The molecule has 1 saturated heterocycles. The molecule has 2 amide bonds. The third kappa shape index (κ3) is 4.11. The zero-order valence-electron chi connectivity index (χ0n) is 11.5. The third-order valence-corrected chi connectivity index (χ3v) is 2.94. The van der Waals surface area contributed by atoms with Gasteiger partial charge >= 0.3 is 0 Å². The lowest BCUT2D eigenvalue weighted by atomic mass is 10.1. The number of hydrogen-bond acceptors (Lipinski definition) is 3. The fourth-order valence-electron chi connectivity index (χ4n) is 1.90. The van der Waals surface area contributed by atoms with Crippen LogP contribution in [0.3, 0.4) is 0 Å². The van der Waals surface area contributed by atoms with Crippen LogP contribution in [-0.2, 0) is 9.59 Å². The fourth-order valence-corrected chi connectivity index (χ4v) is 1.90. The third-order valence-electron chi connectivity index (χ3n) is 2.94. The van der Waals surface area contributed by atoms with Gasteiger partial charge in [-0.2, -0.15) is 0 Å². The summed E-state index contributed by atoms with van der Waals surface area (Å²) in [5.41, 5.74) is 0.0700. The highest BCUT2D eigenvalue weighted by Crippen LogP contribution is 2.19. The maximum absolute atomic E-state index is 11.7. The Hall–Kier alpha value is -0.900. The van der Waals surface area contributed by atoms with E-state index < -0.39 is 0 Å². The van der Waals surface area contributed by atoms with Crippen molar-refractivity contribution in [1.29, 1.82) is 0 Å². The average Bonchev–Trinajstić information content (AvgIpc) is 2.41. The second kappa shape index (κ2) is 5.17. The molecule has 0 aliphatic carbocycles. The lowest BCUT2D eigenvalue weighted by molar-refractivity contribution is -0.139. The predicted molar refractivity (Wildman–Crippen MR) is 67.4 cm³/mol. The molecule has 2 unspecified atom stereocenters. The molecule has 0 aromatic heterocycles. The van der Waals surface area contributed by atoms with Crippen molar-refractivity contribution < 1.29 is 9.59 Å². The van der Waals surface area contributed by atoms with Gasteiger partial charge in [0.1, 0.15) is 0 Å². The van der Waals surface area contributed by atoms with E-state index in [9.17, 15) is 9.59 Å². The number of hydrogen-bond donors (Lipinski definition) is 1. The van der Waals surface area contributed by atoms with E-state index in [1.165, 1.54) is 4.90 Å². The van der Waals surface area contributed by atoms with Gasteiger partial charge in [-0.1, -0.05) is 13.8 Å². The molecule has 2 atom stereocenters. The van der Waals surface area contributed by atoms with Crippen molar-refractivity contribution in [2.75, 3.05) is 13.1 Å². The van der Waals surface area contributed by atoms with Crippen LogP contribution >= 0.6 is 0 Å². The van der Waals surface area contributed by atoms with E-state index in [2.05, 4.69) is 33.0 Å². The maximum Gasteiger partial charge on any atom is 0.232 e. The molecule has 4 nitrogen and oxygen atoms in total. The van der Waals surface area contributed by atoms with Crippen molar-refractivity contribution in [2.45, 2.75) is 46.6 Å². The van der Waals surface area contributed by atoms with Crippen LogP contribution in [0.2, 0.25) is 0 Å². The molecule has 0 saturated carbocycles. The Morgan fingerprint density at radius 2 is 2.00 bits per heavy atom. The Morgan fingerprint density at radius 1 is 1.41 bits per heavy atom. The molecule has 1 aliphatic rings. The summed E-state index contributed by atoms with van der Waals surface area (Å²) in [7, 11) is 0. The molecule has 1 aliphatic heterocycles. The van der Waals surface area contributed by atoms with Crippen molar-refractivity contribution in [1.82, 2.24) is 10.2 Å². The summed E-state index contributed by atoms with van der Waals surface area (Å²) in [6.45, 7) is 11.5. The van der Waals surface area contributed by atoms with E-state index in [0.29, 0.717) is 13.0 Å². The van der Waals surface area contributed by atoms with Crippen LogP contribution in [0.1, 0.15) is 41.0 Å². The summed E-state index contributed by atoms with van der Waals surface area (Å²) in [4.78, 5) is 24.8. The molecule has 0 radical (unpaired) electrons. The lowest BCUT2D eigenvalue weighted by Gasteiger charge is -2.25. The normalized spacial score (nSPS) is 23.4. The number of rotatable bonds is 4. The SMILES string of the molecule is CC(CNC(C)(C)C)CN1C(=O)CC(C)C1=O. The van der Waals surface area contributed by atoms with Gasteiger partial charge in [0, 0.05) is 24.4 Å². The lowest BCUT2D eigenvalue weighted by Crippen LogP contribution is -2.42. The largest absolute Gasteiger partial charge is 0.312 e. The quantitative estimate of drug-likeness (QED) is 0.756. The van der Waals surface area contributed by atoms with Crippen molar-refractivity contribution in [2.24, 2.45) is 11.8 Å². The van der Waals surface area contributed by atoms with E-state index in [0.717, 1.165) is 6.54 Å². The zero-order chi connectivity index (χ0) is 13.2. The van der Waals surface area contributed by atoms with E-state index >= 15 is 0 Å². The summed E-state index contributed by atoms with van der Waals surface area (Å²) in [6, 6.07) is 0. The average molecular weight is 240 g/mol. The van der Waals surface area contributed by atoms with E-state index in [4.69, 9.17) is 0 Å². The summed E-state index contributed by atoms with van der Waals surface area (Å²) < 4.78 is 0. The Kier molecular flexibility index (Phi) is 4.31. The number of carbonyl (C=O) groups is 2. The van der Waals surface area contributed by atoms with Crippen LogP contribution in [0.15, 0.2) is 0 Å². The molecule has 1 heterocycles. The van der Waals surface area contributed by atoms with Crippen molar-refractivity contribution >= 4 is 11.8 Å². The fraction of sp³-hybridized carbons (Fsp3) is 0.846. The molecule has 1 fully saturated rings. The maximum atomic E-state index is 11.7. The number of nitrogens with zero attached hydrogens (tertiary/aromatic N) is 1. The highest BCUT2D eigenvalue weighted by molar-refractivity contribution is 6.03. The number of nitrogens with one attached hydrogen (secondary N) is 1. The molecule has 0 bridgehead atoms. The molecular formula is C13H24N2O2. The highest BCUT2D eigenvalue weighted by Gasteiger charge is 2.35. The minimum absolute atomic E-state index is 0.0161. The Labute approximate surface area is 104 Å². The molecule has 0 aromatic rings. The monoisotopic (exact) mass is 240 g/mol. The minimum Gasteiger partial charge on any atom is -0.312 e. The van der Waals surface area contributed by atoms with Gasteiger partial charge in [-0.3, -0.25) is 14.5 Å². The Balaban J connectivity index is 2.44. The van der Waals surface area contributed by atoms with Gasteiger partial charge in [0.15, 0.2) is 0 Å². The summed E-state index contributed by atoms with van der Waals surface area (Å²) in [5, 5.41) is 3.39. The van der Waals surface area contributed by atoms with Crippen molar-refractivity contribution in [3.8, 4) is 0 Å². The smallest absolute Gasteiger partial charge is 0.232 e. The first-order valence-electron chi connectivity index (χ1n) is 6.30. The standard InChI is InChI=1S/C13H24N2O2/c1-9(7-14-13(3,4)5)8-15-11(16)6-10(2)12(15)17/h9-10,14H,6-8H2,1-5H3. The van der Waals surface area contributed by atoms with Crippen LogP contribution in [0.5, 0.6) is 0 Å². The predicted octanol–water partition coefficient (Wildman–Crippen LogP) is 1.41. The van der Waals surface area contributed by atoms with Gasteiger partial charge < -0.3 is 5.32 Å². The molecular weight excluding hydrogens is 216 g/mol. The van der Waals surface area contributed by atoms with E-state index in [1.807, 2.05) is 6.92 Å². The first kappa shape index (κ1) is 14.2. The first-order chi connectivity index (χ1) is 7.70. The summed E-state index contributed by atoms with van der Waals surface area (Å²) in [6.07, 6.45) is 0.373. The summed E-state index contributed by atoms with van der Waals surface area (Å²) in [5.74, 6) is 0.111. The highest BCUT2D eigenvalue weighted by atomic mass is 16.2. The summed E-state index contributed by atoms with van der Waals surface area (Å²) >= 11 is 0. The van der Waals surface area contributed by atoms with Crippen LogP contribution in [-0.4, -0.2) is 35.3 Å². The zero-order valence-corrected chi connectivity index (χ0v) is 11.5. The van der Waals surface area contributed by atoms with Crippen LogP contribution in [0.4, 0.5) is 0 Å². The number of imide groups is 1. The van der Waals surface area contributed by atoms with Crippen molar-refractivity contribution in [3.05, 3.63) is 0 Å². The number of amides is 2. The topological polar surface area (TPSA) is 49.4 Å². The Bertz CT molecular complexity index is 307. The molecule has 0 aromatic carbocycles. The van der Waals surface area contributed by atoms with Gasteiger partial charge in [-0.15, -0.1) is 0 Å². The minimum atomic E-state index is -0.134. The van der Waals surface area contributed by atoms with Crippen LogP contribution in [0, 0.1) is 11.8 Å². The van der Waals surface area contributed by atoms with Gasteiger partial charge in [0.05, 0.1) is 0 Å². The molecule has 4 heteroatoms. The van der Waals surface area contributed by atoms with E-state index in [1.54, 1.807) is 0 Å². The van der Waals surface area contributed by atoms with Crippen molar-refractivity contribution in [3.63, 3.8) is 0 Å². The molecule has 0 spiro atoms. The molecule has 17 heavy (non-hydrogen) atoms. The van der Waals surface area contributed by atoms with Gasteiger partial charge in [-0.25, -0.2) is 0 Å². The van der Waals surface area contributed by atoms with Crippen LogP contribution < -0.4 is 5.32 Å². The second-order valence-corrected chi connectivity index (χ2v) is 6.18. The second-order valence-electron chi connectivity index (χ2n) is 6.18. The van der Waals surface area contributed by atoms with Gasteiger partial charge in [0.25, 0.3) is 0 Å². The molecule has 98 valence electrons. The van der Waals surface area contributed by atoms with Gasteiger partial charge in [0.2, 0.25) is 11.8 Å². The number of likely N-dealkylation sites (tertiary alicyclic amines) is 1. The molecule has 1 rings (SSSR count). The first-order valence-corrected chi connectivity index (χ1v) is 6.30. The number of carbonyl (C=O) groups excluding carboxylic acids is 2. The van der Waals surface area contributed by atoms with Crippen LogP contribution in [0.25, 0.3) is 0 Å². The van der Waals surface area contributed by atoms with E-state index in [-0.39, 0.29) is 29.2 Å². The Morgan fingerprint density at radius 3 is 2.41 bits per heavy atom. The van der Waals surface area contributed by atoms with Gasteiger partial charge in [-0.05, 0) is 33.2 Å².